The first-order valence-electron chi connectivity index (χ1n) is 8.25. The molecule has 1 fully saturated rings. The molecule has 0 saturated carbocycles. The highest BCUT2D eigenvalue weighted by Gasteiger charge is 2.32. The third-order valence-corrected chi connectivity index (χ3v) is 4.46. The van der Waals surface area contributed by atoms with Gasteiger partial charge in [0, 0.05) is 26.2 Å². The molecule has 0 spiro atoms. The van der Waals surface area contributed by atoms with E-state index in [1.54, 1.807) is 13.2 Å². The highest BCUT2D eigenvalue weighted by atomic mass is 19.4. The van der Waals surface area contributed by atoms with Crippen molar-refractivity contribution in [1.29, 1.82) is 0 Å². The van der Waals surface area contributed by atoms with Crippen LogP contribution in [0.25, 0.3) is 0 Å². The van der Waals surface area contributed by atoms with Crippen LogP contribution in [0, 0.1) is 0 Å². The first-order valence-corrected chi connectivity index (χ1v) is 8.25. The number of benzene rings is 2. The van der Waals surface area contributed by atoms with Crippen LogP contribution in [0.15, 0.2) is 48.5 Å². The lowest BCUT2D eigenvalue weighted by Crippen LogP contribution is -2.45. The zero-order valence-corrected chi connectivity index (χ0v) is 14.0. The Morgan fingerprint density at radius 3 is 2.28 bits per heavy atom. The molecule has 0 aromatic heterocycles. The van der Waals surface area contributed by atoms with E-state index in [-0.39, 0.29) is 6.04 Å². The monoisotopic (exact) mass is 350 g/mol. The number of hydrogen-bond acceptors (Lipinski definition) is 3. The van der Waals surface area contributed by atoms with Crippen molar-refractivity contribution < 1.29 is 17.9 Å². The molecule has 2 aromatic rings. The highest BCUT2D eigenvalue weighted by Crippen LogP contribution is 2.35. The van der Waals surface area contributed by atoms with Crippen molar-refractivity contribution in [3.05, 3.63) is 65.2 Å². The quantitative estimate of drug-likeness (QED) is 0.910. The molecule has 0 amide bonds. The van der Waals surface area contributed by atoms with Crippen molar-refractivity contribution in [3.8, 4) is 5.75 Å². The van der Waals surface area contributed by atoms with Gasteiger partial charge >= 0.3 is 6.18 Å². The summed E-state index contributed by atoms with van der Waals surface area (Å²) >= 11 is 0. The first kappa shape index (κ1) is 17.8. The molecule has 3 nitrogen and oxygen atoms in total. The summed E-state index contributed by atoms with van der Waals surface area (Å²) < 4.78 is 44.7. The summed E-state index contributed by atoms with van der Waals surface area (Å²) in [5, 5.41) is 3.28. The largest absolute Gasteiger partial charge is 0.497 e. The van der Waals surface area contributed by atoms with Crippen molar-refractivity contribution in [2.75, 3.05) is 33.3 Å². The van der Waals surface area contributed by atoms with Crippen LogP contribution < -0.4 is 10.1 Å². The predicted octanol–water partition coefficient (Wildman–Crippen LogP) is 3.71. The Bertz CT molecular complexity index is 712. The summed E-state index contributed by atoms with van der Waals surface area (Å²) in [7, 11) is 1.59. The fourth-order valence-electron chi connectivity index (χ4n) is 3.25. The number of methoxy groups -OCH3 is 1. The second-order valence-electron chi connectivity index (χ2n) is 6.09. The molecule has 1 atom stereocenters. The topological polar surface area (TPSA) is 24.5 Å². The number of rotatable bonds is 4. The van der Waals surface area contributed by atoms with E-state index in [2.05, 4.69) is 10.2 Å². The van der Waals surface area contributed by atoms with Crippen LogP contribution in [0.2, 0.25) is 0 Å². The van der Waals surface area contributed by atoms with Gasteiger partial charge < -0.3 is 10.1 Å². The van der Waals surface area contributed by atoms with Gasteiger partial charge in [-0.3, -0.25) is 4.90 Å². The highest BCUT2D eigenvalue weighted by molar-refractivity contribution is 5.39. The summed E-state index contributed by atoms with van der Waals surface area (Å²) in [6, 6.07) is 12.9. The summed E-state index contributed by atoms with van der Waals surface area (Å²) in [4.78, 5) is 2.21. The van der Waals surface area contributed by atoms with E-state index < -0.39 is 11.7 Å². The molecular weight excluding hydrogens is 329 g/mol. The lowest BCUT2D eigenvalue weighted by molar-refractivity contribution is -0.137. The van der Waals surface area contributed by atoms with E-state index in [1.807, 2.05) is 24.3 Å². The third-order valence-electron chi connectivity index (χ3n) is 4.46. The molecule has 134 valence electrons. The van der Waals surface area contributed by atoms with Gasteiger partial charge in [-0.2, -0.15) is 13.2 Å². The second-order valence-corrected chi connectivity index (χ2v) is 6.09. The zero-order chi connectivity index (χ0) is 17.9. The van der Waals surface area contributed by atoms with Gasteiger partial charge in [-0.25, -0.2) is 0 Å². The minimum atomic E-state index is -4.35. The Labute approximate surface area is 145 Å². The Morgan fingerprint density at radius 2 is 1.64 bits per heavy atom. The van der Waals surface area contributed by atoms with Gasteiger partial charge in [-0.05, 0) is 35.4 Å². The van der Waals surface area contributed by atoms with E-state index in [0.717, 1.165) is 37.8 Å². The molecule has 0 radical (unpaired) electrons. The number of piperazine rings is 1. The van der Waals surface area contributed by atoms with Crippen molar-refractivity contribution in [3.63, 3.8) is 0 Å². The zero-order valence-electron chi connectivity index (χ0n) is 14.0. The second kappa shape index (κ2) is 7.45. The molecular formula is C19H21F3N2O. The third kappa shape index (κ3) is 4.14. The van der Waals surface area contributed by atoms with Crippen LogP contribution >= 0.6 is 0 Å². The summed E-state index contributed by atoms with van der Waals surface area (Å²) in [6.07, 6.45) is -4.35. The number of halogens is 3. The number of alkyl halides is 3. The molecule has 1 heterocycles. The Balaban J connectivity index is 2.04. The summed E-state index contributed by atoms with van der Waals surface area (Å²) in [5.74, 6) is 0.699. The van der Waals surface area contributed by atoms with Crippen LogP contribution in [-0.2, 0) is 6.18 Å². The SMILES string of the molecule is COc1cccc(C(c2cccc(C(F)(F)F)c2)N2CCNCC2)c1. The Kier molecular flexibility index (Phi) is 5.30. The molecule has 6 heteroatoms. The summed E-state index contributed by atoms with van der Waals surface area (Å²) in [5.41, 5.74) is 0.957. The number of nitrogens with one attached hydrogen (secondary N) is 1. The minimum Gasteiger partial charge on any atom is -0.497 e. The van der Waals surface area contributed by atoms with Crippen molar-refractivity contribution in [2.45, 2.75) is 12.2 Å². The molecule has 25 heavy (non-hydrogen) atoms. The normalized spacial score (nSPS) is 17.3. The van der Waals surface area contributed by atoms with Crippen LogP contribution in [0.3, 0.4) is 0 Å². The maximum absolute atomic E-state index is 13.2. The van der Waals surface area contributed by atoms with Crippen molar-refractivity contribution in [1.82, 2.24) is 10.2 Å². The van der Waals surface area contributed by atoms with Gasteiger partial charge in [0.1, 0.15) is 5.75 Å². The Hall–Kier alpha value is -2.05. The molecule has 1 saturated heterocycles. The lowest BCUT2D eigenvalue weighted by atomic mass is 9.94. The molecule has 0 bridgehead atoms. The fourth-order valence-corrected chi connectivity index (χ4v) is 3.25. The molecule has 2 aromatic carbocycles. The van der Waals surface area contributed by atoms with Gasteiger partial charge in [0.2, 0.25) is 0 Å². The maximum Gasteiger partial charge on any atom is 0.416 e. The smallest absolute Gasteiger partial charge is 0.416 e. The average Bonchev–Trinajstić information content (AvgIpc) is 2.63. The number of nitrogens with zero attached hydrogens (tertiary/aromatic N) is 1. The van der Waals surface area contributed by atoms with Gasteiger partial charge in [-0.1, -0.05) is 24.3 Å². The van der Waals surface area contributed by atoms with Crippen molar-refractivity contribution >= 4 is 0 Å². The van der Waals surface area contributed by atoms with Crippen molar-refractivity contribution in [2.24, 2.45) is 0 Å². The number of hydrogen-bond donors (Lipinski definition) is 1. The maximum atomic E-state index is 13.2. The Morgan fingerprint density at radius 1 is 1.00 bits per heavy atom. The average molecular weight is 350 g/mol. The molecule has 0 aliphatic carbocycles. The van der Waals surface area contributed by atoms with E-state index in [0.29, 0.717) is 11.3 Å². The van der Waals surface area contributed by atoms with E-state index in [9.17, 15) is 13.2 Å². The van der Waals surface area contributed by atoms with Gasteiger partial charge in [0.05, 0.1) is 18.7 Å². The van der Waals surface area contributed by atoms with Gasteiger partial charge in [0.25, 0.3) is 0 Å². The molecule has 3 rings (SSSR count). The minimum absolute atomic E-state index is 0.237. The molecule has 1 unspecified atom stereocenters. The van der Waals surface area contributed by atoms with Crippen LogP contribution in [0.4, 0.5) is 13.2 Å². The molecule has 1 aliphatic rings. The number of ether oxygens (including phenoxy) is 1. The van der Waals surface area contributed by atoms with E-state index in [4.69, 9.17) is 4.74 Å². The van der Waals surface area contributed by atoms with Crippen LogP contribution in [0.5, 0.6) is 5.75 Å². The van der Waals surface area contributed by atoms with E-state index in [1.165, 1.54) is 12.1 Å². The van der Waals surface area contributed by atoms with Crippen LogP contribution in [0.1, 0.15) is 22.7 Å². The van der Waals surface area contributed by atoms with Gasteiger partial charge in [-0.15, -0.1) is 0 Å². The lowest BCUT2D eigenvalue weighted by Gasteiger charge is -2.36. The summed E-state index contributed by atoms with van der Waals surface area (Å²) in [6.45, 7) is 3.19. The van der Waals surface area contributed by atoms with Gasteiger partial charge in [0.15, 0.2) is 0 Å². The predicted molar refractivity (Wildman–Crippen MR) is 90.7 cm³/mol. The molecule has 1 N–H and O–H groups in total. The van der Waals surface area contributed by atoms with Crippen LogP contribution in [-0.4, -0.2) is 38.2 Å². The fraction of sp³-hybridized carbons (Fsp3) is 0.368. The standard InChI is InChI=1S/C19H21F3N2O/c1-25-17-7-3-5-15(13-17)18(24-10-8-23-9-11-24)14-4-2-6-16(12-14)19(20,21)22/h2-7,12-13,18,23H,8-11H2,1H3. The first-order chi connectivity index (χ1) is 12.0. The van der Waals surface area contributed by atoms with E-state index >= 15 is 0 Å². The molecule has 1 aliphatic heterocycles.